The van der Waals surface area contributed by atoms with Gasteiger partial charge < -0.3 is 5.11 Å². The topological polar surface area (TPSA) is 38.0 Å². The smallest absolute Gasteiger partial charge is 0.217 e. The molecule has 0 aliphatic rings. The summed E-state index contributed by atoms with van der Waals surface area (Å²) in [6.07, 6.45) is 0. The Morgan fingerprint density at radius 1 is 1.17 bits per heavy atom. The summed E-state index contributed by atoms with van der Waals surface area (Å²) in [5.41, 5.74) is 3.95. The Balaban J connectivity index is 2.45. The molecule has 96 valence electrons. The molecular formula is C15H20N2O. The van der Waals surface area contributed by atoms with Crippen LogP contribution in [-0.2, 0) is 6.54 Å². The van der Waals surface area contributed by atoms with Gasteiger partial charge in [-0.05, 0) is 25.3 Å². The van der Waals surface area contributed by atoms with Crippen LogP contribution >= 0.6 is 0 Å². The van der Waals surface area contributed by atoms with Crippen molar-refractivity contribution in [2.75, 3.05) is 0 Å². The van der Waals surface area contributed by atoms with Gasteiger partial charge in [-0.15, -0.1) is 0 Å². The molecule has 0 bridgehead atoms. The fourth-order valence-corrected chi connectivity index (χ4v) is 2.10. The first-order chi connectivity index (χ1) is 8.49. The van der Waals surface area contributed by atoms with Gasteiger partial charge in [0.15, 0.2) is 0 Å². The highest BCUT2D eigenvalue weighted by Crippen LogP contribution is 2.32. The van der Waals surface area contributed by atoms with Crippen LogP contribution in [0.25, 0.3) is 11.1 Å². The molecular weight excluding hydrogens is 224 g/mol. The summed E-state index contributed by atoms with van der Waals surface area (Å²) < 4.78 is 1.69. The second-order valence-electron chi connectivity index (χ2n) is 5.23. The van der Waals surface area contributed by atoms with Crippen molar-refractivity contribution < 1.29 is 5.11 Å². The summed E-state index contributed by atoms with van der Waals surface area (Å²) in [4.78, 5) is 0. The maximum absolute atomic E-state index is 10.3. The Labute approximate surface area is 108 Å². The molecule has 0 saturated carbocycles. The lowest BCUT2D eigenvalue weighted by Crippen LogP contribution is -2.05. The van der Waals surface area contributed by atoms with Gasteiger partial charge in [-0.3, -0.25) is 0 Å². The van der Waals surface area contributed by atoms with Gasteiger partial charge in [0.1, 0.15) is 0 Å². The van der Waals surface area contributed by atoms with Crippen molar-refractivity contribution in [3.05, 3.63) is 35.5 Å². The van der Waals surface area contributed by atoms with Crippen molar-refractivity contribution in [2.45, 2.75) is 34.2 Å². The van der Waals surface area contributed by atoms with Crippen molar-refractivity contribution in [2.24, 2.45) is 5.92 Å². The van der Waals surface area contributed by atoms with Crippen LogP contribution in [0.3, 0.4) is 0 Å². The largest absolute Gasteiger partial charge is 0.493 e. The summed E-state index contributed by atoms with van der Waals surface area (Å²) in [6.45, 7) is 8.95. The van der Waals surface area contributed by atoms with Gasteiger partial charge >= 0.3 is 0 Å². The third kappa shape index (κ3) is 2.40. The van der Waals surface area contributed by atoms with Crippen LogP contribution < -0.4 is 0 Å². The quantitative estimate of drug-likeness (QED) is 0.897. The number of hydrogen-bond donors (Lipinski definition) is 1. The molecule has 0 saturated heterocycles. The van der Waals surface area contributed by atoms with Gasteiger partial charge in [-0.2, -0.15) is 5.10 Å². The molecule has 2 aromatic rings. The molecule has 3 nitrogen and oxygen atoms in total. The molecule has 1 aromatic carbocycles. The zero-order valence-electron chi connectivity index (χ0n) is 11.4. The first-order valence-corrected chi connectivity index (χ1v) is 6.32. The highest BCUT2D eigenvalue weighted by Gasteiger charge is 2.16. The summed E-state index contributed by atoms with van der Waals surface area (Å²) >= 11 is 0. The average Bonchev–Trinajstić information content (AvgIpc) is 2.55. The second-order valence-corrected chi connectivity index (χ2v) is 5.23. The maximum atomic E-state index is 10.3. The normalized spacial score (nSPS) is 11.2. The van der Waals surface area contributed by atoms with E-state index >= 15 is 0 Å². The van der Waals surface area contributed by atoms with E-state index in [1.807, 2.05) is 31.2 Å². The Kier molecular flexibility index (Phi) is 3.41. The Hall–Kier alpha value is -1.77. The van der Waals surface area contributed by atoms with Crippen LogP contribution in [-0.4, -0.2) is 14.9 Å². The van der Waals surface area contributed by atoms with Gasteiger partial charge in [0.25, 0.3) is 0 Å². The van der Waals surface area contributed by atoms with Crippen LogP contribution in [0.5, 0.6) is 5.88 Å². The minimum absolute atomic E-state index is 0.269. The molecule has 0 spiro atoms. The first-order valence-electron chi connectivity index (χ1n) is 6.32. The van der Waals surface area contributed by atoms with Crippen LogP contribution in [0.4, 0.5) is 0 Å². The van der Waals surface area contributed by atoms with E-state index in [9.17, 15) is 5.11 Å². The predicted octanol–water partition coefficient (Wildman–Crippen LogP) is 3.53. The molecule has 0 fully saturated rings. The predicted molar refractivity (Wildman–Crippen MR) is 73.6 cm³/mol. The molecule has 0 amide bonds. The zero-order valence-corrected chi connectivity index (χ0v) is 11.4. The monoisotopic (exact) mass is 244 g/mol. The molecule has 1 N–H and O–H groups in total. The van der Waals surface area contributed by atoms with E-state index in [1.54, 1.807) is 4.68 Å². The first kappa shape index (κ1) is 12.7. The van der Waals surface area contributed by atoms with Crippen molar-refractivity contribution in [3.8, 4) is 17.0 Å². The molecule has 3 heteroatoms. The summed E-state index contributed by atoms with van der Waals surface area (Å²) in [6, 6.07) is 8.15. The van der Waals surface area contributed by atoms with Crippen molar-refractivity contribution in [1.29, 1.82) is 0 Å². The van der Waals surface area contributed by atoms with Crippen molar-refractivity contribution in [1.82, 2.24) is 9.78 Å². The lowest BCUT2D eigenvalue weighted by Gasteiger charge is -2.06. The lowest BCUT2D eigenvalue weighted by molar-refractivity contribution is 0.373. The summed E-state index contributed by atoms with van der Waals surface area (Å²) in [7, 11) is 0. The van der Waals surface area contributed by atoms with Gasteiger partial charge in [0, 0.05) is 6.54 Å². The average molecular weight is 244 g/mol. The fraction of sp³-hybridized carbons (Fsp3) is 0.400. The summed E-state index contributed by atoms with van der Waals surface area (Å²) in [5.74, 6) is 0.728. The molecule has 0 unspecified atom stereocenters. The lowest BCUT2D eigenvalue weighted by atomic mass is 10.0. The summed E-state index contributed by atoms with van der Waals surface area (Å²) in [5, 5.41) is 14.7. The highest BCUT2D eigenvalue weighted by atomic mass is 16.3. The van der Waals surface area contributed by atoms with E-state index < -0.39 is 0 Å². The molecule has 0 aliphatic heterocycles. The minimum atomic E-state index is 0.269. The van der Waals surface area contributed by atoms with Gasteiger partial charge in [0.2, 0.25) is 5.88 Å². The van der Waals surface area contributed by atoms with Crippen LogP contribution in [0.1, 0.15) is 25.1 Å². The number of aromatic nitrogens is 2. The van der Waals surface area contributed by atoms with E-state index in [4.69, 9.17) is 0 Å². The number of hydrogen-bond acceptors (Lipinski definition) is 2. The molecule has 2 rings (SSSR count). The third-order valence-corrected chi connectivity index (χ3v) is 2.98. The molecule has 1 heterocycles. The van der Waals surface area contributed by atoms with Gasteiger partial charge in [-0.1, -0.05) is 43.7 Å². The highest BCUT2D eigenvalue weighted by molar-refractivity contribution is 5.71. The van der Waals surface area contributed by atoms with E-state index in [-0.39, 0.29) is 5.88 Å². The van der Waals surface area contributed by atoms with Crippen molar-refractivity contribution in [3.63, 3.8) is 0 Å². The number of nitrogens with zero attached hydrogens (tertiary/aromatic N) is 2. The van der Waals surface area contributed by atoms with Crippen LogP contribution in [0.2, 0.25) is 0 Å². The molecule has 1 aromatic heterocycles. The number of rotatable bonds is 3. The molecule has 0 aliphatic carbocycles. The Morgan fingerprint density at radius 2 is 1.78 bits per heavy atom. The van der Waals surface area contributed by atoms with E-state index in [2.05, 4.69) is 25.9 Å². The SMILES string of the molecule is Cc1ccc(-c2c(C)nn(CC(C)C)c2O)cc1. The molecule has 0 radical (unpaired) electrons. The maximum Gasteiger partial charge on any atom is 0.217 e. The zero-order chi connectivity index (χ0) is 13.3. The van der Waals surface area contributed by atoms with E-state index in [1.165, 1.54) is 5.56 Å². The van der Waals surface area contributed by atoms with E-state index in [0.717, 1.165) is 23.4 Å². The van der Waals surface area contributed by atoms with E-state index in [0.29, 0.717) is 5.92 Å². The second kappa shape index (κ2) is 4.84. The van der Waals surface area contributed by atoms with Gasteiger partial charge in [0.05, 0.1) is 11.3 Å². The Morgan fingerprint density at radius 3 is 2.33 bits per heavy atom. The van der Waals surface area contributed by atoms with Gasteiger partial charge in [-0.25, -0.2) is 4.68 Å². The number of aromatic hydroxyl groups is 1. The fourth-order valence-electron chi connectivity index (χ4n) is 2.10. The van der Waals surface area contributed by atoms with Crippen LogP contribution in [0.15, 0.2) is 24.3 Å². The van der Waals surface area contributed by atoms with Crippen molar-refractivity contribution >= 4 is 0 Å². The Bertz CT molecular complexity index is 538. The number of aryl methyl sites for hydroxylation is 2. The third-order valence-electron chi connectivity index (χ3n) is 2.98. The minimum Gasteiger partial charge on any atom is -0.493 e. The van der Waals surface area contributed by atoms with Crippen LogP contribution in [0, 0.1) is 19.8 Å². The molecule has 0 atom stereocenters. The molecule has 18 heavy (non-hydrogen) atoms. The standard InChI is InChI=1S/C15H20N2O/c1-10(2)9-17-15(18)14(12(4)16-17)13-7-5-11(3)6-8-13/h5-8,10,18H,9H2,1-4H3. The number of benzene rings is 1.